The summed E-state index contributed by atoms with van der Waals surface area (Å²) < 4.78 is 109. The van der Waals surface area contributed by atoms with Crippen molar-refractivity contribution in [1.29, 1.82) is 0 Å². The van der Waals surface area contributed by atoms with E-state index in [4.69, 9.17) is 12.3 Å². The van der Waals surface area contributed by atoms with Crippen molar-refractivity contribution in [2.75, 3.05) is 11.4 Å². The summed E-state index contributed by atoms with van der Waals surface area (Å²) in [5.74, 6) is -3.92. The van der Waals surface area contributed by atoms with E-state index in [1.54, 1.807) is 0 Å². The fraction of sp³-hybridized carbons (Fsp3) is 0.214. The molecule has 0 spiro atoms. The first-order valence-corrected chi connectivity index (χ1v) is 13.6. The highest BCUT2D eigenvalue weighted by atomic mass is 79.9. The molecule has 0 radical (unpaired) electrons. The van der Waals surface area contributed by atoms with Gasteiger partial charge in [0.25, 0.3) is 5.91 Å². The van der Waals surface area contributed by atoms with Gasteiger partial charge in [0, 0.05) is 39.5 Å². The average Bonchev–Trinajstić information content (AvgIpc) is 2.93. The zero-order valence-corrected chi connectivity index (χ0v) is 25.0. The third kappa shape index (κ3) is 6.94. The van der Waals surface area contributed by atoms with Crippen LogP contribution in [0.5, 0.6) is 0 Å². The topological polar surface area (TPSA) is 84.8 Å². The smallest absolute Gasteiger partial charge is 0.370 e. The van der Waals surface area contributed by atoms with E-state index < -0.39 is 86.6 Å². The van der Waals surface area contributed by atoms with Crippen LogP contribution in [-0.2, 0) is 16.9 Å². The monoisotopic (exact) mass is 753 g/mol. The van der Waals surface area contributed by atoms with Gasteiger partial charge in [0.2, 0.25) is 5.91 Å². The molecule has 3 rings (SSSR count). The number of amides is 2. The van der Waals surface area contributed by atoms with Crippen molar-refractivity contribution in [2.45, 2.75) is 30.9 Å². The molecule has 16 heteroatoms. The number of carbonyl (C=O) groups is 3. The first-order valence-electron chi connectivity index (χ1n) is 12.0. The van der Waals surface area contributed by atoms with Crippen molar-refractivity contribution in [1.82, 2.24) is 0 Å². The summed E-state index contributed by atoms with van der Waals surface area (Å²) >= 11 is 5.55. The maximum Gasteiger partial charge on any atom is 0.435 e. The van der Waals surface area contributed by atoms with Crippen LogP contribution in [0.25, 0.3) is 4.85 Å². The highest BCUT2D eigenvalue weighted by Crippen LogP contribution is 2.55. The van der Waals surface area contributed by atoms with Gasteiger partial charge < -0.3 is 10.6 Å². The lowest BCUT2D eigenvalue weighted by Gasteiger charge is -2.32. The second-order valence-electron chi connectivity index (χ2n) is 9.15. The molecule has 3 aromatic carbocycles. The molecule has 44 heavy (non-hydrogen) atoms. The SMILES string of the molecule is [C-]#[N+]c1ccc(C(=O)Cc2cccc(C(=O)N(CCC(N)=O)c3c(Br)cc(C(F)(C(F)(F)F)C(F)(F)F)cc3Br)c2F)cc1. The Hall–Kier alpha value is -3.84. The van der Waals surface area contributed by atoms with E-state index in [1.807, 2.05) is 0 Å². The van der Waals surface area contributed by atoms with Gasteiger partial charge in [0.05, 0.1) is 17.8 Å². The molecule has 0 saturated heterocycles. The number of halogens is 10. The normalized spacial score (nSPS) is 12.0. The molecule has 0 aliphatic carbocycles. The van der Waals surface area contributed by atoms with E-state index in [0.29, 0.717) is 4.90 Å². The second-order valence-corrected chi connectivity index (χ2v) is 10.9. The summed E-state index contributed by atoms with van der Waals surface area (Å²) in [6.07, 6.45) is -14.0. The van der Waals surface area contributed by atoms with Crippen LogP contribution in [0.4, 0.5) is 46.5 Å². The number of nitrogens with zero attached hydrogens (tertiary/aromatic N) is 2. The molecular weight excluding hydrogens is 738 g/mol. The van der Waals surface area contributed by atoms with Gasteiger partial charge in [-0.1, -0.05) is 36.4 Å². The van der Waals surface area contributed by atoms with Gasteiger partial charge >= 0.3 is 18.0 Å². The molecule has 0 aliphatic heterocycles. The third-order valence-corrected chi connectivity index (χ3v) is 7.48. The van der Waals surface area contributed by atoms with Crippen LogP contribution in [0.15, 0.2) is 63.5 Å². The molecule has 0 aliphatic rings. The molecule has 3 aromatic rings. The predicted octanol–water partition coefficient (Wildman–Crippen LogP) is 8.14. The molecule has 2 N–H and O–H groups in total. The van der Waals surface area contributed by atoms with E-state index in [0.717, 1.165) is 6.07 Å². The number of hydrogen-bond donors (Lipinski definition) is 1. The van der Waals surface area contributed by atoms with Gasteiger partial charge in [0.1, 0.15) is 5.82 Å². The van der Waals surface area contributed by atoms with Crippen LogP contribution < -0.4 is 10.6 Å². The van der Waals surface area contributed by atoms with Gasteiger partial charge in [-0.2, -0.15) is 26.3 Å². The number of Topliss-reactive ketones (excluding diaryl/α,β-unsaturated/α-hetero) is 1. The third-order valence-electron chi connectivity index (χ3n) is 6.27. The first-order chi connectivity index (χ1) is 20.3. The van der Waals surface area contributed by atoms with Crippen LogP contribution in [0.1, 0.15) is 38.3 Å². The second kappa shape index (κ2) is 13.0. The standard InChI is InChI=1S/C28H17Br2F8N3O3/c1-40-17-7-5-14(6-8-17)21(42)11-15-3-2-4-18(23(15)31)25(44)41(10-9-22(39)43)24-19(29)12-16(13-20(24)30)26(32,27(33,34)35)28(36,37)38/h2-8,12-13H,9-11H2,(H2,39,43). The molecule has 6 nitrogen and oxygen atoms in total. The van der Waals surface area contributed by atoms with Crippen molar-refractivity contribution >= 4 is 60.8 Å². The van der Waals surface area contributed by atoms with Gasteiger partial charge in [-0.15, -0.1) is 0 Å². The van der Waals surface area contributed by atoms with Gasteiger partial charge in [-0.05, 0) is 55.6 Å². The highest BCUT2D eigenvalue weighted by molar-refractivity contribution is 9.11. The Kier molecular flexibility index (Phi) is 10.3. The molecule has 2 amide bonds. The maximum atomic E-state index is 15.6. The summed E-state index contributed by atoms with van der Waals surface area (Å²) in [4.78, 5) is 41.7. The molecular formula is C28H17Br2F8N3O3. The minimum Gasteiger partial charge on any atom is -0.370 e. The molecule has 0 bridgehead atoms. The van der Waals surface area contributed by atoms with Crippen LogP contribution in [-0.4, -0.2) is 36.5 Å². The summed E-state index contributed by atoms with van der Waals surface area (Å²) in [5.41, 5.74) is -3.48. The van der Waals surface area contributed by atoms with E-state index in [2.05, 4.69) is 36.7 Å². The number of carbonyl (C=O) groups excluding carboxylic acids is 3. The minimum absolute atomic E-state index is 0.145. The average molecular weight is 755 g/mol. The van der Waals surface area contributed by atoms with E-state index in [9.17, 15) is 45.1 Å². The zero-order valence-electron chi connectivity index (χ0n) is 21.8. The lowest BCUT2D eigenvalue weighted by atomic mass is 9.93. The Morgan fingerprint density at radius 3 is 1.91 bits per heavy atom. The summed E-state index contributed by atoms with van der Waals surface area (Å²) in [7, 11) is 0. The van der Waals surface area contributed by atoms with Crippen molar-refractivity contribution in [3.05, 3.63) is 103 Å². The Morgan fingerprint density at radius 2 is 1.43 bits per heavy atom. The van der Waals surface area contributed by atoms with Crippen LogP contribution in [0.3, 0.4) is 0 Å². The number of nitrogens with two attached hydrogens (primary N) is 1. The van der Waals surface area contributed by atoms with Crippen molar-refractivity contribution in [3.63, 3.8) is 0 Å². The van der Waals surface area contributed by atoms with E-state index >= 15 is 4.39 Å². The lowest BCUT2D eigenvalue weighted by Crippen LogP contribution is -2.50. The maximum absolute atomic E-state index is 15.6. The number of alkyl halides is 7. The molecule has 0 atom stereocenters. The van der Waals surface area contributed by atoms with Crippen LogP contribution in [0.2, 0.25) is 0 Å². The minimum atomic E-state index is -6.42. The fourth-order valence-corrected chi connectivity index (χ4v) is 5.69. The lowest BCUT2D eigenvalue weighted by molar-refractivity contribution is -0.348. The van der Waals surface area contributed by atoms with Crippen LogP contribution in [0, 0.1) is 12.4 Å². The number of ketones is 1. The molecule has 0 saturated carbocycles. The van der Waals surface area contributed by atoms with Gasteiger partial charge in [-0.25, -0.2) is 13.6 Å². The molecule has 232 valence electrons. The number of anilines is 1. The zero-order chi connectivity index (χ0) is 33.2. The summed E-state index contributed by atoms with van der Waals surface area (Å²) in [6.45, 7) is 6.35. The van der Waals surface area contributed by atoms with E-state index in [-0.39, 0.29) is 28.9 Å². The Labute approximate surface area is 260 Å². The highest BCUT2D eigenvalue weighted by Gasteiger charge is 2.73. The molecule has 0 heterocycles. The number of rotatable bonds is 9. The Morgan fingerprint density at radius 1 is 0.886 bits per heavy atom. The largest absolute Gasteiger partial charge is 0.435 e. The number of benzene rings is 3. The van der Waals surface area contributed by atoms with E-state index in [1.165, 1.54) is 36.4 Å². The van der Waals surface area contributed by atoms with Gasteiger partial charge in [0.15, 0.2) is 11.5 Å². The van der Waals surface area contributed by atoms with Crippen molar-refractivity contribution in [2.24, 2.45) is 5.73 Å². The predicted molar refractivity (Wildman–Crippen MR) is 149 cm³/mol. The molecule has 0 unspecified atom stereocenters. The van der Waals surface area contributed by atoms with Crippen molar-refractivity contribution < 1.29 is 49.5 Å². The quantitative estimate of drug-likeness (QED) is 0.136. The Bertz CT molecular complexity index is 1610. The summed E-state index contributed by atoms with van der Waals surface area (Å²) in [6, 6.07) is 9.24. The first kappa shape index (κ1) is 34.6. The summed E-state index contributed by atoms with van der Waals surface area (Å²) in [5, 5.41) is 0. The van der Waals surface area contributed by atoms with Crippen LogP contribution >= 0.6 is 31.9 Å². The fourth-order valence-electron chi connectivity index (χ4n) is 4.07. The van der Waals surface area contributed by atoms with Crippen molar-refractivity contribution in [3.8, 4) is 0 Å². The molecule has 0 fully saturated rings. The Balaban J connectivity index is 2.08. The number of primary amides is 1. The molecule has 0 aromatic heterocycles. The van der Waals surface area contributed by atoms with Gasteiger partial charge in [-0.3, -0.25) is 14.4 Å². The number of hydrogen-bond acceptors (Lipinski definition) is 3.